The van der Waals surface area contributed by atoms with Gasteiger partial charge in [-0.05, 0) is 0 Å². The molecule has 1 saturated heterocycles. The molecule has 0 bridgehead atoms. The summed E-state index contributed by atoms with van der Waals surface area (Å²) in [5.41, 5.74) is 1.86. The summed E-state index contributed by atoms with van der Waals surface area (Å²) in [6.07, 6.45) is -0.338. The monoisotopic (exact) mass is 582 g/mol. The van der Waals surface area contributed by atoms with Gasteiger partial charge in [0.1, 0.15) is 0 Å². The number of hydrogen-bond acceptors (Lipinski definition) is 4. The van der Waals surface area contributed by atoms with Gasteiger partial charge < -0.3 is 5.11 Å². The van der Waals surface area contributed by atoms with E-state index in [2.05, 4.69) is 83.8 Å². The third-order valence-electron chi connectivity index (χ3n) is 5.83. The van der Waals surface area contributed by atoms with E-state index >= 15 is 0 Å². The minimum atomic E-state index is -1.34. The van der Waals surface area contributed by atoms with Crippen molar-refractivity contribution in [3.8, 4) is 0 Å². The van der Waals surface area contributed by atoms with Crippen molar-refractivity contribution in [3.63, 3.8) is 0 Å². The Kier molecular flexibility index (Phi) is 7.37. The van der Waals surface area contributed by atoms with Crippen LogP contribution in [0, 0.1) is 7.14 Å². The SMILES string of the molecule is CI(c1ccccc1)c1ccc(Sc2ccc(C3(c4ccccc4)OCC(CO)O3)cc2)cc1. The Morgan fingerprint density at radius 2 is 1.29 bits per heavy atom. The van der Waals surface area contributed by atoms with Gasteiger partial charge in [0.25, 0.3) is 0 Å². The number of halogens is 1. The molecule has 0 radical (unpaired) electrons. The van der Waals surface area contributed by atoms with Gasteiger partial charge in [0.2, 0.25) is 0 Å². The molecular formula is C29H27IO3S. The van der Waals surface area contributed by atoms with Crippen molar-refractivity contribution in [2.75, 3.05) is 18.1 Å². The van der Waals surface area contributed by atoms with E-state index in [1.165, 1.54) is 12.0 Å². The molecule has 174 valence electrons. The molecule has 0 spiro atoms. The first-order chi connectivity index (χ1) is 16.7. The van der Waals surface area contributed by atoms with Crippen LogP contribution in [-0.4, -0.2) is 29.4 Å². The van der Waals surface area contributed by atoms with Gasteiger partial charge >= 0.3 is 184 Å². The van der Waals surface area contributed by atoms with Crippen LogP contribution in [0.15, 0.2) is 119 Å². The third kappa shape index (κ3) is 4.95. The minimum absolute atomic E-state index is 0.0649. The molecule has 1 fully saturated rings. The Labute approximate surface area is 212 Å². The second-order valence-electron chi connectivity index (χ2n) is 8.06. The van der Waals surface area contributed by atoms with E-state index in [0.29, 0.717) is 6.61 Å². The summed E-state index contributed by atoms with van der Waals surface area (Å²) < 4.78 is 15.3. The quantitative estimate of drug-likeness (QED) is 0.196. The molecule has 0 amide bonds. The number of aliphatic hydroxyl groups excluding tert-OH is 1. The molecule has 1 N–H and O–H groups in total. The van der Waals surface area contributed by atoms with Gasteiger partial charge in [0.15, 0.2) is 0 Å². The van der Waals surface area contributed by atoms with Crippen molar-refractivity contribution < 1.29 is 14.6 Å². The van der Waals surface area contributed by atoms with Crippen molar-refractivity contribution >= 4 is 31.6 Å². The van der Waals surface area contributed by atoms with Gasteiger partial charge in [-0.3, -0.25) is 0 Å². The molecule has 5 rings (SSSR count). The first-order valence-electron chi connectivity index (χ1n) is 11.2. The summed E-state index contributed by atoms with van der Waals surface area (Å²) in [6.45, 7) is 0.296. The van der Waals surface area contributed by atoms with E-state index in [0.717, 1.165) is 16.0 Å². The van der Waals surface area contributed by atoms with E-state index in [1.54, 1.807) is 11.8 Å². The van der Waals surface area contributed by atoms with Gasteiger partial charge in [-0.1, -0.05) is 18.2 Å². The topological polar surface area (TPSA) is 38.7 Å². The fourth-order valence-corrected chi connectivity index (χ4v) is 8.50. The van der Waals surface area contributed by atoms with Crippen molar-refractivity contribution in [2.45, 2.75) is 21.7 Å². The molecule has 34 heavy (non-hydrogen) atoms. The van der Waals surface area contributed by atoms with Crippen LogP contribution in [-0.2, 0) is 15.3 Å². The third-order valence-corrected chi connectivity index (χ3v) is 12.0. The average Bonchev–Trinajstić information content (AvgIpc) is 3.36. The van der Waals surface area contributed by atoms with Crippen molar-refractivity contribution in [1.29, 1.82) is 0 Å². The van der Waals surface area contributed by atoms with Crippen LogP contribution in [0.1, 0.15) is 11.1 Å². The summed E-state index contributed by atoms with van der Waals surface area (Å²) in [7, 11) is 0. The van der Waals surface area contributed by atoms with Crippen LogP contribution >= 0.6 is 31.6 Å². The maximum atomic E-state index is 9.61. The van der Waals surface area contributed by atoms with E-state index in [9.17, 15) is 5.11 Å². The first kappa shape index (κ1) is 23.6. The predicted octanol–water partition coefficient (Wildman–Crippen LogP) is 6.62. The molecule has 3 nitrogen and oxygen atoms in total. The van der Waals surface area contributed by atoms with Gasteiger partial charge in [-0.25, -0.2) is 0 Å². The molecule has 1 aliphatic heterocycles. The van der Waals surface area contributed by atoms with Crippen LogP contribution < -0.4 is 0 Å². The molecule has 0 aliphatic carbocycles. The fourth-order valence-electron chi connectivity index (χ4n) is 4.03. The Hall–Kier alpha value is -2.16. The van der Waals surface area contributed by atoms with E-state index in [-0.39, 0.29) is 12.7 Å². The molecule has 1 heterocycles. The summed E-state index contributed by atoms with van der Waals surface area (Å²) in [5.74, 6) is -0.988. The van der Waals surface area contributed by atoms with Gasteiger partial charge in [0, 0.05) is 0 Å². The predicted molar refractivity (Wildman–Crippen MR) is 146 cm³/mol. The van der Waals surface area contributed by atoms with Crippen molar-refractivity contribution in [3.05, 3.63) is 127 Å². The number of aliphatic hydroxyl groups is 1. The van der Waals surface area contributed by atoms with Crippen LogP contribution in [0.4, 0.5) is 0 Å². The molecule has 2 unspecified atom stereocenters. The summed E-state index contributed by atoms with van der Waals surface area (Å²) in [5, 5.41) is 9.61. The second-order valence-corrected chi connectivity index (χ2v) is 14.4. The Balaban J connectivity index is 1.33. The number of hydrogen-bond donors (Lipinski definition) is 1. The fraction of sp³-hybridized carbons (Fsp3) is 0.172. The van der Waals surface area contributed by atoms with E-state index in [4.69, 9.17) is 9.47 Å². The average molecular weight is 583 g/mol. The van der Waals surface area contributed by atoms with Crippen LogP contribution in [0.2, 0.25) is 0 Å². The maximum absolute atomic E-state index is 9.61. The van der Waals surface area contributed by atoms with Gasteiger partial charge in [0.05, 0.1) is 6.61 Å². The molecule has 5 heteroatoms. The molecule has 0 aromatic heterocycles. The van der Waals surface area contributed by atoms with Crippen LogP contribution in [0.3, 0.4) is 0 Å². The molecule has 4 aromatic carbocycles. The number of ether oxygens (including phenoxy) is 2. The van der Waals surface area contributed by atoms with Crippen molar-refractivity contribution in [2.24, 2.45) is 0 Å². The summed E-state index contributed by atoms with van der Waals surface area (Å²) >= 11 is 0.413. The zero-order chi connectivity index (χ0) is 23.4. The zero-order valence-electron chi connectivity index (χ0n) is 18.9. The normalized spacial score (nSPS) is 20.3. The first-order valence-corrected chi connectivity index (χ1v) is 16.3. The van der Waals surface area contributed by atoms with E-state index < -0.39 is 25.6 Å². The van der Waals surface area contributed by atoms with E-state index in [1.807, 2.05) is 30.3 Å². The van der Waals surface area contributed by atoms with Crippen LogP contribution in [0.5, 0.6) is 0 Å². The molecule has 2 atom stereocenters. The van der Waals surface area contributed by atoms with Gasteiger partial charge in [-0.15, -0.1) is 0 Å². The Morgan fingerprint density at radius 1 is 0.765 bits per heavy atom. The zero-order valence-corrected chi connectivity index (χ0v) is 21.9. The number of alkyl halides is 1. The molecular weight excluding hydrogens is 555 g/mol. The number of rotatable bonds is 7. The summed E-state index contributed by atoms with van der Waals surface area (Å²) in [4.78, 5) is 4.78. The standard InChI is InChI=1S/C29H27IO3S/c1-30(24-10-6-3-7-11-24)25-14-18-28(19-15-25)34-27-16-12-23(13-17-27)29(22-8-4-2-5-9-22)32-21-26(20-31)33-29/h2-19,26,31H,20-21H2,1H3. The van der Waals surface area contributed by atoms with Gasteiger partial charge in [-0.2, -0.15) is 0 Å². The molecule has 0 saturated carbocycles. The number of benzene rings is 4. The Bertz CT molecular complexity index is 1200. The second kappa shape index (κ2) is 10.6. The Morgan fingerprint density at radius 3 is 1.88 bits per heavy atom. The van der Waals surface area contributed by atoms with Crippen LogP contribution in [0.25, 0.3) is 0 Å². The summed E-state index contributed by atoms with van der Waals surface area (Å²) in [6, 6.07) is 38.2. The van der Waals surface area contributed by atoms with Crippen molar-refractivity contribution in [1.82, 2.24) is 0 Å². The molecule has 1 aliphatic rings. The molecule has 4 aromatic rings.